The summed E-state index contributed by atoms with van der Waals surface area (Å²) in [6, 6.07) is 0. The highest BCUT2D eigenvalue weighted by Gasteiger charge is 2.27. The maximum absolute atomic E-state index is 4.27. The van der Waals surface area contributed by atoms with Gasteiger partial charge in [0.2, 0.25) is 0 Å². The van der Waals surface area contributed by atoms with Gasteiger partial charge in [-0.3, -0.25) is 4.68 Å². The van der Waals surface area contributed by atoms with E-state index in [0.29, 0.717) is 0 Å². The van der Waals surface area contributed by atoms with Gasteiger partial charge in [-0.05, 0) is 21.8 Å². The van der Waals surface area contributed by atoms with Crippen molar-refractivity contribution in [3.63, 3.8) is 0 Å². The van der Waals surface area contributed by atoms with Crippen LogP contribution in [0.3, 0.4) is 0 Å². The van der Waals surface area contributed by atoms with Crippen molar-refractivity contribution in [1.82, 2.24) is 14.7 Å². The first-order valence-electron chi connectivity index (χ1n) is 5.54. The summed E-state index contributed by atoms with van der Waals surface area (Å²) in [6.07, 6.45) is 3.90. The quantitative estimate of drug-likeness (QED) is 0.838. The monoisotopic (exact) mass is 271 g/mol. The fraction of sp³-hybridized carbons (Fsp3) is 0.727. The largest absolute Gasteiger partial charge is 0.302 e. The molecule has 1 aliphatic heterocycles. The maximum atomic E-state index is 4.27. The Hall–Kier alpha value is -0.350. The van der Waals surface area contributed by atoms with Crippen LogP contribution in [0.1, 0.15) is 13.8 Å². The molecule has 0 N–H and O–H groups in total. The topological polar surface area (TPSA) is 21.1 Å². The van der Waals surface area contributed by atoms with Crippen molar-refractivity contribution in [2.75, 3.05) is 19.6 Å². The van der Waals surface area contributed by atoms with E-state index in [-0.39, 0.29) is 0 Å². The SMILES string of the molecule is CC(C)CN1CC(Cn2cc(Br)cn2)C1. The van der Waals surface area contributed by atoms with E-state index in [1.165, 1.54) is 19.6 Å². The van der Waals surface area contributed by atoms with E-state index in [2.05, 4.69) is 39.8 Å². The second-order valence-electron chi connectivity index (χ2n) is 4.86. The zero-order chi connectivity index (χ0) is 10.8. The Bertz CT molecular complexity index is 315. The van der Waals surface area contributed by atoms with Gasteiger partial charge in [0.1, 0.15) is 0 Å². The molecule has 0 aromatic carbocycles. The second-order valence-corrected chi connectivity index (χ2v) is 5.77. The first kappa shape index (κ1) is 11.1. The van der Waals surface area contributed by atoms with Crippen molar-refractivity contribution in [1.29, 1.82) is 0 Å². The summed E-state index contributed by atoms with van der Waals surface area (Å²) in [4.78, 5) is 2.52. The normalized spacial score (nSPS) is 18.4. The van der Waals surface area contributed by atoms with Crippen LogP contribution in [0.5, 0.6) is 0 Å². The summed E-state index contributed by atoms with van der Waals surface area (Å²) in [6.45, 7) is 9.31. The third-order valence-electron chi connectivity index (χ3n) is 2.70. The molecule has 0 radical (unpaired) electrons. The van der Waals surface area contributed by atoms with Gasteiger partial charge in [0.05, 0.1) is 10.7 Å². The Labute approximate surface area is 99.6 Å². The van der Waals surface area contributed by atoms with Gasteiger partial charge in [-0.1, -0.05) is 13.8 Å². The minimum absolute atomic E-state index is 0.782. The summed E-state index contributed by atoms with van der Waals surface area (Å²) in [5.74, 6) is 1.57. The third kappa shape index (κ3) is 3.05. The lowest BCUT2D eigenvalue weighted by Gasteiger charge is -2.40. The number of hydrogen-bond donors (Lipinski definition) is 0. The average Bonchev–Trinajstić information content (AvgIpc) is 2.47. The van der Waals surface area contributed by atoms with Gasteiger partial charge in [0, 0.05) is 38.3 Å². The van der Waals surface area contributed by atoms with Crippen LogP contribution < -0.4 is 0 Å². The summed E-state index contributed by atoms with van der Waals surface area (Å²) >= 11 is 3.41. The molecular formula is C11H18BrN3. The van der Waals surface area contributed by atoms with Crippen LogP contribution in [0.25, 0.3) is 0 Å². The Kier molecular flexibility index (Phi) is 3.46. The number of hydrogen-bond acceptors (Lipinski definition) is 2. The molecule has 84 valence electrons. The fourth-order valence-electron chi connectivity index (χ4n) is 2.16. The molecule has 1 fully saturated rings. The number of halogens is 1. The second kappa shape index (κ2) is 4.66. The standard InChI is InChI=1S/C11H18BrN3/c1-9(2)4-14-5-10(6-14)7-15-8-11(12)3-13-15/h3,8-10H,4-7H2,1-2H3. The van der Waals surface area contributed by atoms with E-state index < -0.39 is 0 Å². The van der Waals surface area contributed by atoms with Crippen molar-refractivity contribution in [3.8, 4) is 0 Å². The Morgan fingerprint density at radius 2 is 2.27 bits per heavy atom. The molecule has 4 heteroatoms. The molecule has 0 saturated carbocycles. The van der Waals surface area contributed by atoms with Crippen LogP contribution in [0.15, 0.2) is 16.9 Å². The summed E-state index contributed by atoms with van der Waals surface area (Å²) < 4.78 is 3.10. The Morgan fingerprint density at radius 3 is 2.80 bits per heavy atom. The predicted molar refractivity (Wildman–Crippen MR) is 64.7 cm³/mol. The van der Waals surface area contributed by atoms with E-state index in [4.69, 9.17) is 0 Å². The highest BCUT2D eigenvalue weighted by atomic mass is 79.9. The summed E-state index contributed by atoms with van der Waals surface area (Å²) in [7, 11) is 0. The van der Waals surface area contributed by atoms with Gasteiger partial charge in [0.15, 0.2) is 0 Å². The van der Waals surface area contributed by atoms with E-state index in [0.717, 1.165) is 22.9 Å². The minimum Gasteiger partial charge on any atom is -0.302 e. The smallest absolute Gasteiger partial charge is 0.0632 e. The molecule has 0 spiro atoms. The first-order valence-corrected chi connectivity index (χ1v) is 6.33. The molecule has 0 amide bonds. The third-order valence-corrected chi connectivity index (χ3v) is 3.11. The maximum Gasteiger partial charge on any atom is 0.0632 e. The van der Waals surface area contributed by atoms with E-state index in [1.54, 1.807) is 0 Å². The molecule has 0 unspecified atom stereocenters. The molecular weight excluding hydrogens is 254 g/mol. The molecule has 1 aliphatic rings. The van der Waals surface area contributed by atoms with Gasteiger partial charge in [-0.15, -0.1) is 0 Å². The molecule has 0 bridgehead atoms. The lowest BCUT2D eigenvalue weighted by Crippen LogP contribution is -2.49. The van der Waals surface area contributed by atoms with Crippen LogP contribution in [0.2, 0.25) is 0 Å². The van der Waals surface area contributed by atoms with Gasteiger partial charge in [0.25, 0.3) is 0 Å². The predicted octanol–water partition coefficient (Wildman–Crippen LogP) is 2.23. The molecule has 3 nitrogen and oxygen atoms in total. The van der Waals surface area contributed by atoms with E-state index >= 15 is 0 Å². The van der Waals surface area contributed by atoms with Gasteiger partial charge in [-0.25, -0.2) is 0 Å². The van der Waals surface area contributed by atoms with Gasteiger partial charge < -0.3 is 4.90 Å². The van der Waals surface area contributed by atoms with Crippen molar-refractivity contribution in [2.24, 2.45) is 11.8 Å². The highest BCUT2D eigenvalue weighted by Crippen LogP contribution is 2.19. The van der Waals surface area contributed by atoms with Gasteiger partial charge in [-0.2, -0.15) is 5.10 Å². The van der Waals surface area contributed by atoms with Crippen molar-refractivity contribution >= 4 is 15.9 Å². The molecule has 2 heterocycles. The van der Waals surface area contributed by atoms with Crippen LogP contribution in [-0.2, 0) is 6.54 Å². The Morgan fingerprint density at radius 1 is 1.53 bits per heavy atom. The lowest BCUT2D eigenvalue weighted by molar-refractivity contribution is 0.0735. The van der Waals surface area contributed by atoms with E-state index in [9.17, 15) is 0 Å². The van der Waals surface area contributed by atoms with Crippen LogP contribution in [0, 0.1) is 11.8 Å². The molecule has 2 rings (SSSR count). The van der Waals surface area contributed by atoms with Crippen molar-refractivity contribution in [2.45, 2.75) is 20.4 Å². The Balaban J connectivity index is 1.72. The minimum atomic E-state index is 0.782. The number of aromatic nitrogens is 2. The van der Waals surface area contributed by atoms with E-state index in [1.807, 2.05) is 17.1 Å². The highest BCUT2D eigenvalue weighted by molar-refractivity contribution is 9.10. The van der Waals surface area contributed by atoms with Crippen LogP contribution in [0.4, 0.5) is 0 Å². The van der Waals surface area contributed by atoms with Crippen LogP contribution in [-0.4, -0.2) is 34.3 Å². The average molecular weight is 272 g/mol. The molecule has 1 aromatic rings. The number of nitrogens with zero attached hydrogens (tertiary/aromatic N) is 3. The van der Waals surface area contributed by atoms with Gasteiger partial charge >= 0.3 is 0 Å². The molecule has 0 aliphatic carbocycles. The zero-order valence-corrected chi connectivity index (χ0v) is 10.9. The van der Waals surface area contributed by atoms with Crippen molar-refractivity contribution in [3.05, 3.63) is 16.9 Å². The molecule has 1 saturated heterocycles. The molecule has 0 atom stereocenters. The molecule has 1 aromatic heterocycles. The fourth-order valence-corrected chi connectivity index (χ4v) is 2.49. The number of rotatable bonds is 4. The first-order chi connectivity index (χ1) is 7.13. The summed E-state index contributed by atoms with van der Waals surface area (Å²) in [5, 5.41) is 4.27. The van der Waals surface area contributed by atoms with Crippen molar-refractivity contribution < 1.29 is 0 Å². The van der Waals surface area contributed by atoms with Crippen LogP contribution >= 0.6 is 15.9 Å². The zero-order valence-electron chi connectivity index (χ0n) is 9.36. The number of likely N-dealkylation sites (tertiary alicyclic amines) is 1. The molecule has 15 heavy (non-hydrogen) atoms. The summed E-state index contributed by atoms with van der Waals surface area (Å²) in [5.41, 5.74) is 0. The lowest BCUT2D eigenvalue weighted by atomic mass is 9.99.